The number of aliphatic carboxylic acids is 1. The maximum atomic E-state index is 10.7. The highest BCUT2D eigenvalue weighted by molar-refractivity contribution is 5.85. The fraction of sp³-hybridized carbons (Fsp3) is 0.364. The second kappa shape index (κ2) is 5.14. The van der Waals surface area contributed by atoms with E-state index in [9.17, 15) is 4.79 Å². The predicted molar refractivity (Wildman–Crippen MR) is 60.2 cm³/mol. The molecule has 1 aliphatic rings. The zero-order chi connectivity index (χ0) is 9.97. The molecular weight excluding hydrogens is 214 g/mol. The molecule has 1 aliphatic heterocycles. The first-order chi connectivity index (χ1) is 6.77. The Bertz CT molecular complexity index is 329. The lowest BCUT2D eigenvalue weighted by molar-refractivity contribution is -0.139. The zero-order valence-electron chi connectivity index (χ0n) is 8.22. The van der Waals surface area contributed by atoms with Crippen LogP contribution in [0.4, 0.5) is 0 Å². The average molecular weight is 228 g/mol. The first-order valence-corrected chi connectivity index (χ1v) is 4.81. The molecule has 0 spiro atoms. The first kappa shape index (κ1) is 12.0. The minimum absolute atomic E-state index is 0. The third-order valence-corrected chi connectivity index (χ3v) is 2.65. The summed E-state index contributed by atoms with van der Waals surface area (Å²) in [6.07, 6.45) is 1.62. The normalized spacial score (nSPS) is 24.5. The Morgan fingerprint density at radius 3 is 2.47 bits per heavy atom. The van der Waals surface area contributed by atoms with Crippen molar-refractivity contribution < 1.29 is 9.90 Å². The Hall–Kier alpha value is -1.06. The van der Waals surface area contributed by atoms with Crippen molar-refractivity contribution in [1.29, 1.82) is 0 Å². The molecule has 0 radical (unpaired) electrons. The number of nitrogens with one attached hydrogen (secondary N) is 1. The third-order valence-electron chi connectivity index (χ3n) is 2.65. The Kier molecular flexibility index (Phi) is 4.12. The van der Waals surface area contributed by atoms with E-state index in [0.717, 1.165) is 12.8 Å². The van der Waals surface area contributed by atoms with E-state index < -0.39 is 5.97 Å². The summed E-state index contributed by atoms with van der Waals surface area (Å²) < 4.78 is 0. The van der Waals surface area contributed by atoms with Crippen LogP contribution < -0.4 is 5.32 Å². The summed E-state index contributed by atoms with van der Waals surface area (Å²) in [5, 5.41) is 11.9. The summed E-state index contributed by atoms with van der Waals surface area (Å²) in [6.45, 7) is 0. The van der Waals surface area contributed by atoms with Crippen LogP contribution in [0.5, 0.6) is 0 Å². The molecule has 1 heterocycles. The van der Waals surface area contributed by atoms with Crippen LogP contribution in [0.25, 0.3) is 0 Å². The van der Waals surface area contributed by atoms with Gasteiger partial charge in [-0.05, 0) is 18.4 Å². The van der Waals surface area contributed by atoms with Gasteiger partial charge in [0.05, 0.1) is 0 Å². The van der Waals surface area contributed by atoms with Crippen LogP contribution in [0.1, 0.15) is 24.4 Å². The van der Waals surface area contributed by atoms with Gasteiger partial charge in [-0.2, -0.15) is 0 Å². The summed E-state index contributed by atoms with van der Waals surface area (Å²) in [6, 6.07) is 9.81. The second-order valence-corrected chi connectivity index (χ2v) is 3.60. The number of carboxylic acid groups (broad SMARTS) is 1. The number of carbonyl (C=O) groups is 1. The van der Waals surface area contributed by atoms with Gasteiger partial charge in [-0.15, -0.1) is 12.4 Å². The fourth-order valence-corrected chi connectivity index (χ4v) is 1.89. The number of hydrogen-bond acceptors (Lipinski definition) is 2. The van der Waals surface area contributed by atoms with Gasteiger partial charge in [0, 0.05) is 6.04 Å². The Labute approximate surface area is 94.9 Å². The number of carboxylic acids is 1. The maximum Gasteiger partial charge on any atom is 0.320 e. The van der Waals surface area contributed by atoms with Crippen LogP contribution in [0.2, 0.25) is 0 Å². The zero-order valence-corrected chi connectivity index (χ0v) is 9.04. The van der Waals surface area contributed by atoms with Crippen molar-refractivity contribution in [3.63, 3.8) is 0 Å². The lowest BCUT2D eigenvalue weighted by Crippen LogP contribution is -2.31. The number of hydrogen-bond donors (Lipinski definition) is 2. The fourth-order valence-electron chi connectivity index (χ4n) is 1.89. The molecule has 0 bridgehead atoms. The molecule has 1 unspecified atom stereocenters. The summed E-state index contributed by atoms with van der Waals surface area (Å²) >= 11 is 0. The number of halogens is 1. The van der Waals surface area contributed by atoms with Crippen molar-refractivity contribution in [3.05, 3.63) is 35.9 Å². The lowest BCUT2D eigenvalue weighted by atomic mass is 10.1. The summed E-state index contributed by atoms with van der Waals surface area (Å²) in [4.78, 5) is 10.7. The van der Waals surface area contributed by atoms with Crippen molar-refractivity contribution in [2.24, 2.45) is 0 Å². The number of rotatable bonds is 2. The van der Waals surface area contributed by atoms with Gasteiger partial charge in [-0.1, -0.05) is 30.3 Å². The van der Waals surface area contributed by atoms with Crippen molar-refractivity contribution in [2.45, 2.75) is 24.9 Å². The van der Waals surface area contributed by atoms with Crippen molar-refractivity contribution in [3.8, 4) is 0 Å². The van der Waals surface area contributed by atoms with E-state index in [1.165, 1.54) is 5.56 Å². The SMILES string of the molecule is Cl.O=C(O)[C@@H]1CCC(c2ccccc2)N1. The maximum absolute atomic E-state index is 10.7. The van der Waals surface area contributed by atoms with Crippen molar-refractivity contribution in [2.75, 3.05) is 0 Å². The third kappa shape index (κ3) is 2.70. The van der Waals surface area contributed by atoms with Gasteiger partial charge in [0.15, 0.2) is 0 Å². The standard InChI is InChI=1S/C11H13NO2.ClH/c13-11(14)10-7-6-9(12-10)8-4-2-1-3-5-8;/h1-5,9-10,12H,6-7H2,(H,13,14);1H/t9?,10-;/m0./s1. The molecular formula is C11H14ClNO2. The van der Waals surface area contributed by atoms with Crippen molar-refractivity contribution in [1.82, 2.24) is 5.32 Å². The van der Waals surface area contributed by atoms with E-state index >= 15 is 0 Å². The topological polar surface area (TPSA) is 49.3 Å². The first-order valence-electron chi connectivity index (χ1n) is 4.81. The van der Waals surface area contributed by atoms with Crippen LogP contribution in [0, 0.1) is 0 Å². The van der Waals surface area contributed by atoms with Crippen LogP contribution in [-0.4, -0.2) is 17.1 Å². The molecule has 0 aromatic heterocycles. The number of benzene rings is 1. The van der Waals surface area contributed by atoms with Gasteiger partial charge in [0.25, 0.3) is 0 Å². The van der Waals surface area contributed by atoms with E-state index in [4.69, 9.17) is 5.11 Å². The van der Waals surface area contributed by atoms with Gasteiger partial charge < -0.3 is 5.11 Å². The quantitative estimate of drug-likeness (QED) is 0.813. The predicted octanol–water partition coefficient (Wildman–Crippen LogP) is 1.99. The molecule has 4 heteroatoms. The molecule has 1 aromatic carbocycles. The second-order valence-electron chi connectivity index (χ2n) is 3.60. The smallest absolute Gasteiger partial charge is 0.320 e. The van der Waals surface area contributed by atoms with E-state index in [2.05, 4.69) is 5.32 Å². The largest absolute Gasteiger partial charge is 0.480 e. The van der Waals surface area contributed by atoms with E-state index in [-0.39, 0.29) is 24.5 Å². The molecule has 15 heavy (non-hydrogen) atoms. The Morgan fingerprint density at radius 2 is 1.93 bits per heavy atom. The van der Waals surface area contributed by atoms with E-state index in [1.54, 1.807) is 0 Å². The molecule has 2 N–H and O–H groups in total. The van der Waals surface area contributed by atoms with Crippen LogP contribution in [0.15, 0.2) is 30.3 Å². The molecule has 1 fully saturated rings. The highest BCUT2D eigenvalue weighted by Gasteiger charge is 2.29. The summed E-state index contributed by atoms with van der Waals surface area (Å²) in [7, 11) is 0. The molecule has 2 atom stereocenters. The molecule has 2 rings (SSSR count). The van der Waals surface area contributed by atoms with Gasteiger partial charge in [0.2, 0.25) is 0 Å². The monoisotopic (exact) mass is 227 g/mol. The molecule has 0 aliphatic carbocycles. The highest BCUT2D eigenvalue weighted by Crippen LogP contribution is 2.26. The highest BCUT2D eigenvalue weighted by atomic mass is 35.5. The summed E-state index contributed by atoms with van der Waals surface area (Å²) in [5.41, 5.74) is 1.18. The van der Waals surface area contributed by atoms with Crippen molar-refractivity contribution >= 4 is 18.4 Å². The summed E-state index contributed by atoms with van der Waals surface area (Å²) in [5.74, 6) is -0.747. The van der Waals surface area contributed by atoms with E-state index in [1.807, 2.05) is 30.3 Å². The molecule has 82 valence electrons. The van der Waals surface area contributed by atoms with Gasteiger partial charge in [0.1, 0.15) is 6.04 Å². The molecule has 1 saturated heterocycles. The average Bonchev–Trinajstić information content (AvgIpc) is 2.68. The molecule has 3 nitrogen and oxygen atoms in total. The molecule has 0 saturated carbocycles. The Morgan fingerprint density at radius 1 is 1.27 bits per heavy atom. The minimum atomic E-state index is -0.747. The molecule has 1 aromatic rings. The minimum Gasteiger partial charge on any atom is -0.480 e. The van der Waals surface area contributed by atoms with Crippen LogP contribution in [0.3, 0.4) is 0 Å². The Balaban J connectivity index is 0.00000112. The van der Waals surface area contributed by atoms with Gasteiger partial charge >= 0.3 is 5.97 Å². The van der Waals surface area contributed by atoms with Gasteiger partial charge in [-0.3, -0.25) is 10.1 Å². The lowest BCUT2D eigenvalue weighted by Gasteiger charge is -2.11. The van der Waals surface area contributed by atoms with Gasteiger partial charge in [-0.25, -0.2) is 0 Å². The van der Waals surface area contributed by atoms with Crippen LogP contribution in [-0.2, 0) is 4.79 Å². The van der Waals surface area contributed by atoms with E-state index in [0.29, 0.717) is 0 Å². The van der Waals surface area contributed by atoms with Crippen LogP contribution >= 0.6 is 12.4 Å². The molecule has 0 amide bonds.